The van der Waals surface area contributed by atoms with E-state index in [0.29, 0.717) is 0 Å². The fraction of sp³-hybridized carbons (Fsp3) is 0.500. The molecule has 96 valence electrons. The molecular weight excluding hydrogens is 226 g/mol. The van der Waals surface area contributed by atoms with Gasteiger partial charge in [-0.05, 0) is 12.1 Å². The molecule has 0 spiro atoms. The van der Waals surface area contributed by atoms with Gasteiger partial charge in [0.25, 0.3) is 0 Å². The minimum Gasteiger partial charge on any atom is -0.379 e. The molecule has 1 fully saturated rings. The van der Waals surface area contributed by atoms with Crippen LogP contribution in [0.2, 0.25) is 0 Å². The standard InChI is InChI=1S/C14H19N3O/c1-2-14-15-12-5-3-4-6-13(12)17(14)11-16-7-9-18-10-8-16/h3-6H,2,7-11H2,1H3. The van der Waals surface area contributed by atoms with Gasteiger partial charge in [-0.25, -0.2) is 4.98 Å². The molecule has 0 atom stereocenters. The van der Waals surface area contributed by atoms with Crippen molar-refractivity contribution in [1.82, 2.24) is 14.5 Å². The first-order valence-electron chi connectivity index (χ1n) is 6.62. The number of ether oxygens (including phenoxy) is 1. The fourth-order valence-electron chi connectivity index (χ4n) is 2.50. The Morgan fingerprint density at radius 3 is 2.78 bits per heavy atom. The number of imidazole rings is 1. The zero-order valence-corrected chi connectivity index (χ0v) is 10.8. The summed E-state index contributed by atoms with van der Waals surface area (Å²) in [4.78, 5) is 7.13. The zero-order valence-electron chi connectivity index (χ0n) is 10.8. The number of hydrogen-bond acceptors (Lipinski definition) is 3. The monoisotopic (exact) mass is 245 g/mol. The minimum absolute atomic E-state index is 0.841. The van der Waals surface area contributed by atoms with Gasteiger partial charge in [0.2, 0.25) is 0 Å². The van der Waals surface area contributed by atoms with Crippen molar-refractivity contribution in [3.63, 3.8) is 0 Å². The van der Waals surface area contributed by atoms with Crippen molar-refractivity contribution in [2.24, 2.45) is 0 Å². The van der Waals surface area contributed by atoms with Crippen LogP contribution in [0, 0.1) is 0 Å². The van der Waals surface area contributed by atoms with Crippen molar-refractivity contribution in [2.45, 2.75) is 20.0 Å². The molecule has 2 heterocycles. The van der Waals surface area contributed by atoms with E-state index in [1.54, 1.807) is 0 Å². The summed E-state index contributed by atoms with van der Waals surface area (Å²) in [5.74, 6) is 1.17. The van der Waals surface area contributed by atoms with Crippen LogP contribution in [0.5, 0.6) is 0 Å². The van der Waals surface area contributed by atoms with E-state index in [0.717, 1.165) is 44.9 Å². The number of rotatable bonds is 3. The highest BCUT2D eigenvalue weighted by Crippen LogP contribution is 2.17. The molecule has 1 aromatic heterocycles. The van der Waals surface area contributed by atoms with E-state index in [-0.39, 0.29) is 0 Å². The van der Waals surface area contributed by atoms with Crippen LogP contribution in [-0.4, -0.2) is 40.8 Å². The van der Waals surface area contributed by atoms with Gasteiger partial charge in [-0.3, -0.25) is 4.90 Å². The van der Waals surface area contributed by atoms with Crippen molar-refractivity contribution in [3.8, 4) is 0 Å². The molecule has 0 bridgehead atoms. The Morgan fingerprint density at radius 1 is 1.22 bits per heavy atom. The van der Waals surface area contributed by atoms with Crippen LogP contribution < -0.4 is 0 Å². The molecule has 1 aromatic carbocycles. The lowest BCUT2D eigenvalue weighted by Gasteiger charge is -2.27. The molecule has 1 aliphatic heterocycles. The van der Waals surface area contributed by atoms with Crippen LogP contribution in [-0.2, 0) is 17.8 Å². The molecule has 0 radical (unpaired) electrons. The SMILES string of the molecule is CCc1nc2ccccc2n1CN1CCOCC1. The number of nitrogens with zero attached hydrogens (tertiary/aromatic N) is 3. The van der Waals surface area contributed by atoms with Crippen LogP contribution in [0.25, 0.3) is 11.0 Å². The van der Waals surface area contributed by atoms with E-state index < -0.39 is 0 Å². The topological polar surface area (TPSA) is 30.3 Å². The third-order valence-electron chi connectivity index (χ3n) is 3.49. The van der Waals surface area contributed by atoms with Crippen LogP contribution >= 0.6 is 0 Å². The average molecular weight is 245 g/mol. The highest BCUT2D eigenvalue weighted by molar-refractivity contribution is 5.75. The summed E-state index contributed by atoms with van der Waals surface area (Å²) >= 11 is 0. The normalized spacial score (nSPS) is 17.4. The molecular formula is C14H19N3O. The Hall–Kier alpha value is -1.39. The maximum absolute atomic E-state index is 5.40. The van der Waals surface area contributed by atoms with Crippen LogP contribution in [0.1, 0.15) is 12.7 Å². The number of hydrogen-bond donors (Lipinski definition) is 0. The molecule has 0 unspecified atom stereocenters. The number of aryl methyl sites for hydroxylation is 1. The Balaban J connectivity index is 1.93. The van der Waals surface area contributed by atoms with Crippen LogP contribution in [0.3, 0.4) is 0 Å². The predicted octanol–water partition coefficient (Wildman–Crippen LogP) is 1.89. The number of morpholine rings is 1. The fourth-order valence-corrected chi connectivity index (χ4v) is 2.50. The van der Waals surface area contributed by atoms with Gasteiger partial charge in [0.1, 0.15) is 5.82 Å². The summed E-state index contributed by atoms with van der Waals surface area (Å²) in [5.41, 5.74) is 2.34. The maximum Gasteiger partial charge on any atom is 0.110 e. The number of benzene rings is 1. The second kappa shape index (κ2) is 5.08. The summed E-state index contributed by atoms with van der Waals surface area (Å²) < 4.78 is 7.73. The van der Waals surface area contributed by atoms with E-state index in [1.165, 1.54) is 11.3 Å². The van der Waals surface area contributed by atoms with Crippen molar-refractivity contribution in [3.05, 3.63) is 30.1 Å². The summed E-state index contributed by atoms with van der Waals surface area (Å²) in [6.45, 7) is 6.79. The van der Waals surface area contributed by atoms with E-state index in [4.69, 9.17) is 9.72 Å². The number of para-hydroxylation sites is 2. The van der Waals surface area contributed by atoms with E-state index >= 15 is 0 Å². The minimum atomic E-state index is 0.841. The van der Waals surface area contributed by atoms with Crippen molar-refractivity contribution in [2.75, 3.05) is 26.3 Å². The largest absolute Gasteiger partial charge is 0.379 e. The Kier molecular flexibility index (Phi) is 3.30. The second-order valence-corrected chi connectivity index (χ2v) is 4.67. The van der Waals surface area contributed by atoms with Crippen molar-refractivity contribution >= 4 is 11.0 Å². The molecule has 18 heavy (non-hydrogen) atoms. The molecule has 1 aliphatic rings. The van der Waals surface area contributed by atoms with E-state index in [2.05, 4.69) is 34.6 Å². The Labute approximate surface area is 107 Å². The molecule has 1 saturated heterocycles. The summed E-state index contributed by atoms with van der Waals surface area (Å²) in [6, 6.07) is 8.37. The molecule has 0 amide bonds. The first-order chi connectivity index (χ1) is 8.88. The molecule has 4 nitrogen and oxygen atoms in total. The highest BCUT2D eigenvalue weighted by Gasteiger charge is 2.14. The molecule has 0 saturated carbocycles. The van der Waals surface area contributed by atoms with Gasteiger partial charge in [0.05, 0.1) is 30.9 Å². The van der Waals surface area contributed by atoms with Gasteiger partial charge in [-0.15, -0.1) is 0 Å². The lowest BCUT2D eigenvalue weighted by atomic mass is 10.3. The molecule has 0 aliphatic carbocycles. The van der Waals surface area contributed by atoms with Crippen molar-refractivity contribution < 1.29 is 4.74 Å². The number of fused-ring (bicyclic) bond motifs is 1. The third kappa shape index (κ3) is 2.13. The first kappa shape index (κ1) is 11.7. The summed E-state index contributed by atoms with van der Waals surface area (Å²) in [6.07, 6.45) is 0.971. The van der Waals surface area contributed by atoms with Gasteiger partial charge in [-0.2, -0.15) is 0 Å². The van der Waals surface area contributed by atoms with Crippen molar-refractivity contribution in [1.29, 1.82) is 0 Å². The quantitative estimate of drug-likeness (QED) is 0.827. The lowest BCUT2D eigenvalue weighted by Crippen LogP contribution is -2.37. The maximum atomic E-state index is 5.40. The molecule has 0 N–H and O–H groups in total. The molecule has 2 aromatic rings. The molecule has 3 rings (SSSR count). The average Bonchev–Trinajstić information content (AvgIpc) is 2.78. The van der Waals surface area contributed by atoms with Gasteiger partial charge in [-0.1, -0.05) is 19.1 Å². The first-order valence-corrected chi connectivity index (χ1v) is 6.62. The Morgan fingerprint density at radius 2 is 2.00 bits per heavy atom. The van der Waals surface area contributed by atoms with Gasteiger partial charge in [0, 0.05) is 19.5 Å². The smallest absolute Gasteiger partial charge is 0.110 e. The van der Waals surface area contributed by atoms with E-state index in [9.17, 15) is 0 Å². The summed E-state index contributed by atoms with van der Waals surface area (Å²) in [7, 11) is 0. The lowest BCUT2D eigenvalue weighted by molar-refractivity contribution is 0.0237. The molecule has 4 heteroatoms. The summed E-state index contributed by atoms with van der Waals surface area (Å²) in [5, 5.41) is 0. The Bertz CT molecular complexity index is 529. The third-order valence-corrected chi connectivity index (χ3v) is 3.49. The predicted molar refractivity (Wildman–Crippen MR) is 71.5 cm³/mol. The second-order valence-electron chi connectivity index (χ2n) is 4.67. The highest BCUT2D eigenvalue weighted by atomic mass is 16.5. The van der Waals surface area contributed by atoms with E-state index in [1.807, 2.05) is 6.07 Å². The van der Waals surface area contributed by atoms with Crippen LogP contribution in [0.15, 0.2) is 24.3 Å². The van der Waals surface area contributed by atoms with Gasteiger partial charge < -0.3 is 9.30 Å². The van der Waals surface area contributed by atoms with Crippen LogP contribution in [0.4, 0.5) is 0 Å². The van der Waals surface area contributed by atoms with Gasteiger partial charge in [0.15, 0.2) is 0 Å². The zero-order chi connectivity index (χ0) is 12.4. The number of aromatic nitrogens is 2. The van der Waals surface area contributed by atoms with Gasteiger partial charge >= 0.3 is 0 Å².